The lowest BCUT2D eigenvalue weighted by Crippen LogP contribution is -2.26. The summed E-state index contributed by atoms with van der Waals surface area (Å²) in [5.41, 5.74) is 4.67. The first-order valence-corrected chi connectivity index (χ1v) is 7.84. The van der Waals surface area contributed by atoms with Crippen molar-refractivity contribution >= 4 is 11.6 Å². The number of nitrogens with one attached hydrogen (secondary N) is 1. The van der Waals surface area contributed by atoms with Gasteiger partial charge in [-0.25, -0.2) is 5.43 Å². The molecule has 0 unspecified atom stereocenters. The summed E-state index contributed by atoms with van der Waals surface area (Å²) in [5.74, 6) is 0.294. The monoisotopic (exact) mass is 331 g/mol. The molecule has 0 bridgehead atoms. The van der Waals surface area contributed by atoms with Crippen molar-refractivity contribution in [3.05, 3.63) is 96.3 Å². The Morgan fingerprint density at radius 2 is 1.60 bits per heavy atom. The standard InChI is InChI=1S/C20H17N3O2/c24-19(15-25-17-11-5-2-6-12-17)22-23-20(16-9-3-1-4-10-16)18-13-7-8-14-21-18/h1-14H,15H2,(H,22,24). The largest absolute Gasteiger partial charge is 0.484 e. The minimum absolute atomic E-state index is 0.113. The molecule has 5 nitrogen and oxygen atoms in total. The fourth-order valence-corrected chi connectivity index (χ4v) is 2.18. The van der Waals surface area contributed by atoms with Crippen molar-refractivity contribution in [2.75, 3.05) is 6.61 Å². The summed E-state index contributed by atoms with van der Waals surface area (Å²) in [6.45, 7) is -0.113. The molecular formula is C20H17N3O2. The molecule has 0 aliphatic rings. The SMILES string of the molecule is O=C(COc1ccccc1)NN=C(c1ccccc1)c1ccccn1. The zero-order valence-electron chi connectivity index (χ0n) is 13.5. The van der Waals surface area contributed by atoms with Gasteiger partial charge in [0.15, 0.2) is 6.61 Å². The van der Waals surface area contributed by atoms with E-state index >= 15 is 0 Å². The molecule has 3 aromatic rings. The van der Waals surface area contributed by atoms with Gasteiger partial charge in [-0.05, 0) is 24.3 Å². The summed E-state index contributed by atoms with van der Waals surface area (Å²) in [5, 5.41) is 4.25. The number of rotatable bonds is 6. The van der Waals surface area contributed by atoms with Crippen molar-refractivity contribution in [2.45, 2.75) is 0 Å². The Morgan fingerprint density at radius 3 is 2.28 bits per heavy atom. The van der Waals surface area contributed by atoms with E-state index in [0.717, 1.165) is 5.56 Å². The molecule has 0 fully saturated rings. The molecule has 0 saturated heterocycles. The topological polar surface area (TPSA) is 63.6 Å². The Balaban J connectivity index is 1.72. The number of benzene rings is 2. The van der Waals surface area contributed by atoms with Crippen molar-refractivity contribution < 1.29 is 9.53 Å². The highest BCUT2D eigenvalue weighted by molar-refractivity contribution is 6.11. The number of hydrogen-bond acceptors (Lipinski definition) is 4. The predicted octanol–water partition coefficient (Wildman–Crippen LogP) is 3.03. The van der Waals surface area contributed by atoms with Crippen molar-refractivity contribution in [2.24, 2.45) is 5.10 Å². The highest BCUT2D eigenvalue weighted by Crippen LogP contribution is 2.09. The minimum atomic E-state index is -0.340. The Hall–Kier alpha value is -3.47. The van der Waals surface area contributed by atoms with Crippen LogP contribution in [0.2, 0.25) is 0 Å². The van der Waals surface area contributed by atoms with Gasteiger partial charge in [0.25, 0.3) is 5.91 Å². The fraction of sp³-hybridized carbons (Fsp3) is 0.0500. The number of hydrogen-bond donors (Lipinski definition) is 1. The Bertz CT molecular complexity index is 793. The quantitative estimate of drug-likeness (QED) is 0.558. The van der Waals surface area contributed by atoms with Gasteiger partial charge >= 0.3 is 0 Å². The number of carbonyl (C=O) groups excluding carboxylic acids is 1. The minimum Gasteiger partial charge on any atom is -0.484 e. The van der Waals surface area contributed by atoms with E-state index in [9.17, 15) is 4.79 Å². The van der Waals surface area contributed by atoms with Crippen molar-refractivity contribution in [1.82, 2.24) is 10.4 Å². The van der Waals surface area contributed by atoms with Crippen LogP contribution in [0.1, 0.15) is 11.3 Å². The second-order valence-electron chi connectivity index (χ2n) is 5.18. The summed E-state index contributed by atoms with van der Waals surface area (Å²) < 4.78 is 5.41. The van der Waals surface area contributed by atoms with Gasteiger partial charge in [-0.2, -0.15) is 5.10 Å². The summed E-state index contributed by atoms with van der Waals surface area (Å²) in [4.78, 5) is 16.3. The normalized spacial score (nSPS) is 11.0. The number of pyridine rings is 1. The third-order valence-electron chi connectivity index (χ3n) is 3.36. The highest BCUT2D eigenvalue weighted by atomic mass is 16.5. The first-order chi connectivity index (χ1) is 12.3. The number of nitrogens with zero attached hydrogens (tertiary/aromatic N) is 2. The Labute approximate surface area is 146 Å². The van der Waals surface area contributed by atoms with Gasteiger partial charge in [0.2, 0.25) is 0 Å². The molecule has 0 atom stereocenters. The highest BCUT2D eigenvalue weighted by Gasteiger charge is 2.09. The van der Waals surface area contributed by atoms with Gasteiger partial charge in [0, 0.05) is 11.8 Å². The van der Waals surface area contributed by atoms with E-state index in [1.807, 2.05) is 66.7 Å². The van der Waals surface area contributed by atoms with Gasteiger partial charge in [0.1, 0.15) is 11.5 Å². The average Bonchev–Trinajstić information content (AvgIpc) is 2.69. The summed E-state index contributed by atoms with van der Waals surface area (Å²) in [6, 6.07) is 24.3. The predicted molar refractivity (Wildman–Crippen MR) is 96.4 cm³/mol. The first-order valence-electron chi connectivity index (χ1n) is 7.84. The van der Waals surface area contributed by atoms with Crippen LogP contribution in [0.25, 0.3) is 0 Å². The number of carbonyl (C=O) groups is 1. The van der Waals surface area contributed by atoms with Crippen LogP contribution in [-0.2, 0) is 4.79 Å². The second kappa shape index (κ2) is 8.40. The first kappa shape index (κ1) is 16.4. The number of para-hydroxylation sites is 1. The second-order valence-corrected chi connectivity index (χ2v) is 5.18. The van der Waals surface area contributed by atoms with Gasteiger partial charge in [-0.15, -0.1) is 0 Å². The Morgan fingerprint density at radius 1 is 0.920 bits per heavy atom. The lowest BCUT2D eigenvalue weighted by Gasteiger charge is -2.08. The van der Waals surface area contributed by atoms with Crippen LogP contribution in [0.4, 0.5) is 0 Å². The molecule has 25 heavy (non-hydrogen) atoms. The lowest BCUT2D eigenvalue weighted by molar-refractivity contribution is -0.123. The van der Waals surface area contributed by atoms with Gasteiger partial charge in [0.05, 0.1) is 5.69 Å². The molecule has 1 amide bonds. The third-order valence-corrected chi connectivity index (χ3v) is 3.36. The Kier molecular flexibility index (Phi) is 5.51. The zero-order chi connectivity index (χ0) is 17.3. The third kappa shape index (κ3) is 4.75. The van der Waals surface area contributed by atoms with Gasteiger partial charge in [-0.1, -0.05) is 54.6 Å². The van der Waals surface area contributed by atoms with Gasteiger partial charge < -0.3 is 4.74 Å². The van der Waals surface area contributed by atoms with Crippen LogP contribution >= 0.6 is 0 Å². The van der Waals surface area contributed by atoms with E-state index in [-0.39, 0.29) is 12.5 Å². The maximum absolute atomic E-state index is 12.0. The fourth-order valence-electron chi connectivity index (χ4n) is 2.18. The molecule has 2 aromatic carbocycles. The van der Waals surface area contributed by atoms with Crippen LogP contribution in [0, 0.1) is 0 Å². The molecule has 0 spiro atoms. The smallest absolute Gasteiger partial charge is 0.277 e. The number of aromatic nitrogens is 1. The number of ether oxygens (including phenoxy) is 1. The summed E-state index contributed by atoms with van der Waals surface area (Å²) in [7, 11) is 0. The van der Waals surface area contributed by atoms with E-state index < -0.39 is 0 Å². The lowest BCUT2D eigenvalue weighted by atomic mass is 10.1. The van der Waals surface area contributed by atoms with Crippen LogP contribution in [0.5, 0.6) is 5.75 Å². The van der Waals surface area contributed by atoms with Crippen LogP contribution in [0.15, 0.2) is 90.2 Å². The molecule has 0 radical (unpaired) electrons. The van der Waals surface area contributed by atoms with Crippen molar-refractivity contribution in [3.63, 3.8) is 0 Å². The number of hydrazone groups is 1. The number of amides is 1. The molecule has 0 aliphatic heterocycles. The molecule has 0 aliphatic carbocycles. The molecule has 1 aromatic heterocycles. The van der Waals surface area contributed by atoms with Gasteiger partial charge in [-0.3, -0.25) is 9.78 Å². The van der Waals surface area contributed by atoms with Crippen LogP contribution in [-0.4, -0.2) is 23.2 Å². The average molecular weight is 331 g/mol. The zero-order valence-corrected chi connectivity index (χ0v) is 13.5. The van der Waals surface area contributed by atoms with Crippen molar-refractivity contribution in [3.8, 4) is 5.75 Å². The van der Waals surface area contributed by atoms with E-state index in [1.54, 1.807) is 18.3 Å². The molecule has 0 saturated carbocycles. The molecule has 5 heteroatoms. The summed E-state index contributed by atoms with van der Waals surface area (Å²) in [6.07, 6.45) is 1.69. The van der Waals surface area contributed by atoms with E-state index in [4.69, 9.17) is 4.74 Å². The van der Waals surface area contributed by atoms with Crippen LogP contribution in [0.3, 0.4) is 0 Å². The van der Waals surface area contributed by atoms with E-state index in [0.29, 0.717) is 17.2 Å². The molecular weight excluding hydrogens is 314 g/mol. The van der Waals surface area contributed by atoms with Crippen LogP contribution < -0.4 is 10.2 Å². The van der Waals surface area contributed by atoms with E-state index in [2.05, 4.69) is 15.5 Å². The summed E-state index contributed by atoms with van der Waals surface area (Å²) >= 11 is 0. The molecule has 124 valence electrons. The molecule has 1 N–H and O–H groups in total. The van der Waals surface area contributed by atoms with E-state index in [1.165, 1.54) is 0 Å². The maximum Gasteiger partial charge on any atom is 0.277 e. The van der Waals surface area contributed by atoms with Crippen molar-refractivity contribution in [1.29, 1.82) is 0 Å². The maximum atomic E-state index is 12.0. The molecule has 1 heterocycles. The molecule has 3 rings (SSSR count).